The predicted octanol–water partition coefficient (Wildman–Crippen LogP) is 4.85. The van der Waals surface area contributed by atoms with Gasteiger partial charge in [0.1, 0.15) is 11.6 Å². The van der Waals surface area contributed by atoms with Crippen LogP contribution in [0.15, 0.2) is 36.7 Å². The van der Waals surface area contributed by atoms with Crippen LogP contribution >= 0.6 is 11.6 Å². The molecule has 0 spiro atoms. The Morgan fingerprint density at radius 1 is 1.13 bits per heavy atom. The molecule has 1 fully saturated rings. The molecule has 0 unspecified atom stereocenters. The van der Waals surface area contributed by atoms with Crippen molar-refractivity contribution >= 4 is 29.0 Å². The van der Waals surface area contributed by atoms with Crippen LogP contribution in [0.1, 0.15) is 47.3 Å². The van der Waals surface area contributed by atoms with E-state index in [-0.39, 0.29) is 23.3 Å². The standard InChI is InChI=1S/C23H21ClFN5O/c24-13-5-8-18(25)16(11-13)22-28-19-4-2-1-3-15(19)21(30-22)29-20-9-10-26-12-17(20)23(31)27-14-6-7-14/h5,8-12,14H,1-4,6-7H2,(H,27,31)(H,26,28,29,30). The number of fused-ring (bicyclic) bond motifs is 1. The third-order valence-corrected chi connectivity index (χ3v) is 5.82. The van der Waals surface area contributed by atoms with Crippen LogP contribution in [-0.4, -0.2) is 26.9 Å². The molecule has 2 N–H and O–H groups in total. The van der Waals surface area contributed by atoms with Gasteiger partial charge in [-0.05, 0) is 62.8 Å². The Balaban J connectivity index is 1.56. The molecule has 3 aromatic rings. The minimum Gasteiger partial charge on any atom is -0.349 e. The van der Waals surface area contributed by atoms with E-state index in [1.165, 1.54) is 18.2 Å². The Hall–Kier alpha value is -3.06. The van der Waals surface area contributed by atoms with Gasteiger partial charge in [0.2, 0.25) is 0 Å². The molecule has 0 bridgehead atoms. The average molecular weight is 438 g/mol. The van der Waals surface area contributed by atoms with E-state index in [9.17, 15) is 9.18 Å². The van der Waals surface area contributed by atoms with Gasteiger partial charge in [-0.25, -0.2) is 14.4 Å². The molecule has 0 atom stereocenters. The largest absolute Gasteiger partial charge is 0.349 e. The number of amides is 1. The van der Waals surface area contributed by atoms with Crippen LogP contribution in [-0.2, 0) is 12.8 Å². The minimum absolute atomic E-state index is 0.165. The molecule has 2 heterocycles. The molecule has 2 aliphatic carbocycles. The zero-order valence-corrected chi connectivity index (χ0v) is 17.5. The summed E-state index contributed by atoms with van der Waals surface area (Å²) in [5, 5.41) is 6.72. The smallest absolute Gasteiger partial charge is 0.255 e. The molecule has 5 rings (SSSR count). The molecule has 2 aromatic heterocycles. The van der Waals surface area contributed by atoms with Gasteiger partial charge in [-0.2, -0.15) is 0 Å². The highest BCUT2D eigenvalue weighted by atomic mass is 35.5. The molecule has 0 saturated heterocycles. The lowest BCUT2D eigenvalue weighted by Crippen LogP contribution is -2.26. The second-order valence-electron chi connectivity index (χ2n) is 7.95. The van der Waals surface area contributed by atoms with Crippen LogP contribution in [0.25, 0.3) is 11.4 Å². The summed E-state index contributed by atoms with van der Waals surface area (Å²) in [5.41, 5.74) is 3.22. The third kappa shape index (κ3) is 4.23. The molecule has 0 radical (unpaired) electrons. The van der Waals surface area contributed by atoms with Crippen LogP contribution in [0, 0.1) is 5.82 Å². The maximum atomic E-state index is 14.5. The summed E-state index contributed by atoms with van der Waals surface area (Å²) in [6, 6.07) is 6.34. The number of carbonyl (C=O) groups excluding carboxylic acids is 1. The lowest BCUT2D eigenvalue weighted by molar-refractivity contribution is 0.0951. The van der Waals surface area contributed by atoms with Gasteiger partial charge in [-0.15, -0.1) is 0 Å². The Bertz CT molecular complexity index is 1160. The molecule has 2 aliphatic rings. The second-order valence-corrected chi connectivity index (χ2v) is 8.38. The van der Waals surface area contributed by atoms with Gasteiger partial charge in [-0.3, -0.25) is 9.78 Å². The highest BCUT2D eigenvalue weighted by Gasteiger charge is 2.26. The second kappa shape index (κ2) is 8.23. The number of nitrogens with zero attached hydrogens (tertiary/aromatic N) is 3. The first-order chi connectivity index (χ1) is 15.1. The summed E-state index contributed by atoms with van der Waals surface area (Å²) >= 11 is 6.09. The fourth-order valence-corrected chi connectivity index (χ4v) is 3.96. The highest BCUT2D eigenvalue weighted by molar-refractivity contribution is 6.30. The van der Waals surface area contributed by atoms with E-state index in [1.807, 2.05) is 0 Å². The van der Waals surface area contributed by atoms with Gasteiger partial charge >= 0.3 is 0 Å². The van der Waals surface area contributed by atoms with Crippen molar-refractivity contribution in [3.8, 4) is 11.4 Å². The molecule has 1 saturated carbocycles. The van der Waals surface area contributed by atoms with Crippen molar-refractivity contribution in [3.63, 3.8) is 0 Å². The zero-order valence-electron chi connectivity index (χ0n) is 16.8. The number of nitrogens with one attached hydrogen (secondary N) is 2. The first-order valence-corrected chi connectivity index (χ1v) is 10.8. The monoisotopic (exact) mass is 437 g/mol. The number of benzene rings is 1. The maximum absolute atomic E-state index is 14.5. The zero-order chi connectivity index (χ0) is 21.4. The van der Waals surface area contributed by atoms with E-state index in [1.54, 1.807) is 18.5 Å². The Labute approximate surface area is 184 Å². The van der Waals surface area contributed by atoms with Crippen molar-refractivity contribution in [2.24, 2.45) is 0 Å². The van der Waals surface area contributed by atoms with Gasteiger partial charge < -0.3 is 10.6 Å². The van der Waals surface area contributed by atoms with Crippen molar-refractivity contribution < 1.29 is 9.18 Å². The van der Waals surface area contributed by atoms with Crippen molar-refractivity contribution in [3.05, 3.63) is 64.3 Å². The average Bonchev–Trinajstić information content (AvgIpc) is 3.59. The van der Waals surface area contributed by atoms with Crippen LogP contribution < -0.4 is 10.6 Å². The van der Waals surface area contributed by atoms with Crippen LogP contribution in [0.4, 0.5) is 15.9 Å². The predicted molar refractivity (Wildman–Crippen MR) is 117 cm³/mol. The Morgan fingerprint density at radius 3 is 2.81 bits per heavy atom. The van der Waals surface area contributed by atoms with Crippen molar-refractivity contribution in [2.45, 2.75) is 44.6 Å². The maximum Gasteiger partial charge on any atom is 0.255 e. The molecule has 1 aromatic carbocycles. The molecule has 1 amide bonds. The molecular formula is C23H21ClFN5O. The van der Waals surface area contributed by atoms with Gasteiger partial charge in [-0.1, -0.05) is 11.6 Å². The van der Waals surface area contributed by atoms with Gasteiger partial charge in [0, 0.05) is 34.7 Å². The number of hydrogen-bond acceptors (Lipinski definition) is 5. The number of aryl methyl sites for hydroxylation is 1. The van der Waals surface area contributed by atoms with E-state index in [2.05, 4.69) is 25.6 Å². The fraction of sp³-hybridized carbons (Fsp3) is 0.304. The number of anilines is 2. The molecule has 158 valence electrons. The van der Waals surface area contributed by atoms with Crippen LogP contribution in [0.5, 0.6) is 0 Å². The highest BCUT2D eigenvalue weighted by Crippen LogP contribution is 2.32. The summed E-state index contributed by atoms with van der Waals surface area (Å²) in [7, 11) is 0. The number of rotatable bonds is 5. The topological polar surface area (TPSA) is 79.8 Å². The summed E-state index contributed by atoms with van der Waals surface area (Å²) in [4.78, 5) is 26.1. The fourth-order valence-electron chi connectivity index (χ4n) is 3.79. The van der Waals surface area contributed by atoms with E-state index in [4.69, 9.17) is 11.6 Å². The van der Waals surface area contributed by atoms with E-state index in [0.29, 0.717) is 22.1 Å². The number of hydrogen-bond donors (Lipinski definition) is 2. The van der Waals surface area contributed by atoms with Gasteiger partial charge in [0.05, 0.1) is 16.8 Å². The minimum atomic E-state index is -0.431. The first-order valence-electron chi connectivity index (χ1n) is 10.5. The summed E-state index contributed by atoms with van der Waals surface area (Å²) in [5.74, 6) is 0.272. The van der Waals surface area contributed by atoms with Gasteiger partial charge in [0.25, 0.3) is 5.91 Å². The van der Waals surface area contributed by atoms with Gasteiger partial charge in [0.15, 0.2) is 5.82 Å². The molecular weight excluding hydrogens is 417 g/mol. The number of halogens is 2. The molecule has 31 heavy (non-hydrogen) atoms. The first kappa shape index (κ1) is 19.9. The quantitative estimate of drug-likeness (QED) is 0.596. The number of pyridine rings is 1. The Morgan fingerprint density at radius 2 is 1.97 bits per heavy atom. The molecule has 0 aliphatic heterocycles. The van der Waals surface area contributed by atoms with Crippen LogP contribution in [0.3, 0.4) is 0 Å². The number of aromatic nitrogens is 3. The molecule has 6 nitrogen and oxygen atoms in total. The van der Waals surface area contributed by atoms with Crippen LogP contribution in [0.2, 0.25) is 5.02 Å². The summed E-state index contributed by atoms with van der Waals surface area (Å²) in [6.07, 6.45) is 8.85. The number of carbonyl (C=O) groups is 1. The van der Waals surface area contributed by atoms with Crippen molar-refractivity contribution in [1.82, 2.24) is 20.3 Å². The summed E-state index contributed by atoms with van der Waals surface area (Å²) in [6.45, 7) is 0. The van der Waals surface area contributed by atoms with E-state index < -0.39 is 5.82 Å². The van der Waals surface area contributed by atoms with Crippen molar-refractivity contribution in [1.29, 1.82) is 0 Å². The Kier molecular flexibility index (Phi) is 5.28. The summed E-state index contributed by atoms with van der Waals surface area (Å²) < 4.78 is 14.5. The normalized spacial score (nSPS) is 15.3. The van der Waals surface area contributed by atoms with E-state index in [0.717, 1.165) is 49.8 Å². The van der Waals surface area contributed by atoms with Crippen molar-refractivity contribution in [2.75, 3.05) is 5.32 Å². The molecule has 8 heteroatoms. The van der Waals surface area contributed by atoms with E-state index >= 15 is 0 Å². The third-order valence-electron chi connectivity index (χ3n) is 5.58. The lowest BCUT2D eigenvalue weighted by atomic mass is 9.96. The lowest BCUT2D eigenvalue weighted by Gasteiger charge is -2.21. The SMILES string of the molecule is O=C(NC1CC1)c1cnccc1Nc1nc(-c2cc(Cl)ccc2F)nc2c1CCCC2.